The molecule has 3 heteroatoms. The molecule has 0 aliphatic heterocycles. The van der Waals surface area contributed by atoms with Gasteiger partial charge in [-0.25, -0.2) is 0 Å². The summed E-state index contributed by atoms with van der Waals surface area (Å²) in [5, 5.41) is 20.7. The fraction of sp³-hybridized carbons (Fsp3) is 0.462. The minimum absolute atomic E-state index is 0.294. The van der Waals surface area contributed by atoms with Gasteiger partial charge in [-0.05, 0) is 37.1 Å². The molecule has 16 heavy (non-hydrogen) atoms. The SMILES string of the molecule is N#CCCCCCCNc1ccc(O)cc1. The van der Waals surface area contributed by atoms with E-state index in [9.17, 15) is 0 Å². The summed E-state index contributed by atoms with van der Waals surface area (Å²) < 4.78 is 0. The van der Waals surface area contributed by atoms with Gasteiger partial charge in [-0.15, -0.1) is 0 Å². The van der Waals surface area contributed by atoms with Crippen molar-refractivity contribution in [1.29, 1.82) is 5.26 Å². The quantitative estimate of drug-likeness (QED) is 0.545. The second kappa shape index (κ2) is 7.58. The van der Waals surface area contributed by atoms with Crippen molar-refractivity contribution < 1.29 is 5.11 Å². The zero-order valence-corrected chi connectivity index (χ0v) is 9.45. The molecule has 2 N–H and O–H groups in total. The van der Waals surface area contributed by atoms with Gasteiger partial charge in [0.05, 0.1) is 6.07 Å². The minimum atomic E-state index is 0.294. The molecule has 0 aromatic heterocycles. The van der Waals surface area contributed by atoms with Gasteiger partial charge in [0.15, 0.2) is 0 Å². The first-order valence-corrected chi connectivity index (χ1v) is 5.73. The van der Waals surface area contributed by atoms with Crippen LogP contribution in [0.4, 0.5) is 5.69 Å². The molecule has 0 saturated carbocycles. The Labute approximate surface area is 96.7 Å². The van der Waals surface area contributed by atoms with E-state index in [1.54, 1.807) is 12.1 Å². The van der Waals surface area contributed by atoms with Crippen molar-refractivity contribution in [1.82, 2.24) is 0 Å². The summed E-state index contributed by atoms with van der Waals surface area (Å²) in [5.41, 5.74) is 1.04. The number of anilines is 1. The van der Waals surface area contributed by atoms with Gasteiger partial charge >= 0.3 is 0 Å². The van der Waals surface area contributed by atoms with Crippen molar-refractivity contribution in [2.24, 2.45) is 0 Å². The number of unbranched alkanes of at least 4 members (excludes halogenated alkanes) is 4. The molecule has 0 amide bonds. The third-order valence-corrected chi connectivity index (χ3v) is 2.41. The lowest BCUT2D eigenvalue weighted by molar-refractivity contribution is 0.475. The van der Waals surface area contributed by atoms with E-state index in [-0.39, 0.29) is 0 Å². The van der Waals surface area contributed by atoms with E-state index in [0.717, 1.165) is 37.9 Å². The topological polar surface area (TPSA) is 56.0 Å². The van der Waals surface area contributed by atoms with Crippen LogP contribution in [-0.2, 0) is 0 Å². The number of nitriles is 1. The second-order valence-corrected chi connectivity index (χ2v) is 3.80. The molecule has 3 nitrogen and oxygen atoms in total. The van der Waals surface area contributed by atoms with E-state index >= 15 is 0 Å². The molecule has 86 valence electrons. The molecule has 0 spiro atoms. The first-order valence-electron chi connectivity index (χ1n) is 5.73. The van der Waals surface area contributed by atoms with Crippen molar-refractivity contribution in [3.8, 4) is 11.8 Å². The van der Waals surface area contributed by atoms with Gasteiger partial charge in [-0.3, -0.25) is 0 Å². The molecule has 0 aliphatic rings. The maximum absolute atomic E-state index is 9.09. The number of hydrogen-bond acceptors (Lipinski definition) is 3. The normalized spacial score (nSPS) is 9.69. The summed E-state index contributed by atoms with van der Waals surface area (Å²) in [5.74, 6) is 0.294. The highest BCUT2D eigenvalue weighted by Crippen LogP contribution is 2.13. The summed E-state index contributed by atoms with van der Waals surface area (Å²) in [6, 6.07) is 9.23. The number of aromatic hydroxyl groups is 1. The number of phenols is 1. The van der Waals surface area contributed by atoms with E-state index in [0.29, 0.717) is 12.2 Å². The summed E-state index contributed by atoms with van der Waals surface area (Å²) in [4.78, 5) is 0. The van der Waals surface area contributed by atoms with Crippen molar-refractivity contribution in [3.63, 3.8) is 0 Å². The van der Waals surface area contributed by atoms with Crippen LogP contribution in [-0.4, -0.2) is 11.7 Å². The second-order valence-electron chi connectivity index (χ2n) is 3.80. The number of phenolic OH excluding ortho intramolecular Hbond substituents is 1. The fourth-order valence-corrected chi connectivity index (χ4v) is 1.49. The third-order valence-electron chi connectivity index (χ3n) is 2.41. The van der Waals surface area contributed by atoms with Crippen LogP contribution >= 0.6 is 0 Å². The molecule has 0 fully saturated rings. The van der Waals surface area contributed by atoms with Crippen LogP contribution < -0.4 is 5.32 Å². The summed E-state index contributed by atoms with van der Waals surface area (Å²) in [6.45, 7) is 0.942. The van der Waals surface area contributed by atoms with Crippen molar-refractivity contribution in [3.05, 3.63) is 24.3 Å². The Balaban J connectivity index is 2.03. The molecule has 0 heterocycles. The molecule has 0 aliphatic carbocycles. The largest absolute Gasteiger partial charge is 0.508 e. The highest BCUT2D eigenvalue weighted by atomic mass is 16.3. The lowest BCUT2D eigenvalue weighted by Crippen LogP contribution is -2.00. The molecule has 0 bridgehead atoms. The number of hydrogen-bond donors (Lipinski definition) is 2. The number of nitrogens with zero attached hydrogens (tertiary/aromatic N) is 1. The van der Waals surface area contributed by atoms with Crippen molar-refractivity contribution >= 4 is 5.69 Å². The van der Waals surface area contributed by atoms with Gasteiger partial charge in [0.2, 0.25) is 0 Å². The van der Waals surface area contributed by atoms with Gasteiger partial charge in [0.25, 0.3) is 0 Å². The highest BCUT2D eigenvalue weighted by Gasteiger charge is 1.93. The van der Waals surface area contributed by atoms with Gasteiger partial charge in [0, 0.05) is 18.7 Å². The maximum Gasteiger partial charge on any atom is 0.115 e. The highest BCUT2D eigenvalue weighted by molar-refractivity contribution is 5.45. The van der Waals surface area contributed by atoms with Crippen molar-refractivity contribution in [2.75, 3.05) is 11.9 Å². The van der Waals surface area contributed by atoms with Gasteiger partial charge < -0.3 is 10.4 Å². The summed E-state index contributed by atoms with van der Waals surface area (Å²) in [6.07, 6.45) is 5.09. The Kier molecular flexibility index (Phi) is 5.87. The Morgan fingerprint density at radius 3 is 2.44 bits per heavy atom. The van der Waals surface area contributed by atoms with Crippen LogP contribution in [0.25, 0.3) is 0 Å². The number of nitrogens with one attached hydrogen (secondary N) is 1. The van der Waals surface area contributed by atoms with Crippen LogP contribution in [0.5, 0.6) is 5.75 Å². The zero-order valence-electron chi connectivity index (χ0n) is 9.45. The molecule has 0 unspecified atom stereocenters. The maximum atomic E-state index is 9.09. The number of benzene rings is 1. The first-order chi connectivity index (χ1) is 7.83. The molecule has 0 saturated heterocycles. The predicted molar refractivity (Wildman–Crippen MR) is 65.3 cm³/mol. The van der Waals surface area contributed by atoms with Crippen LogP contribution in [0.2, 0.25) is 0 Å². The van der Waals surface area contributed by atoms with E-state index in [2.05, 4.69) is 11.4 Å². The van der Waals surface area contributed by atoms with Crippen molar-refractivity contribution in [2.45, 2.75) is 32.1 Å². The smallest absolute Gasteiger partial charge is 0.115 e. The summed E-state index contributed by atoms with van der Waals surface area (Å²) in [7, 11) is 0. The van der Waals surface area contributed by atoms with E-state index in [1.165, 1.54) is 0 Å². The van der Waals surface area contributed by atoms with Crippen LogP contribution in [0, 0.1) is 11.3 Å². The van der Waals surface area contributed by atoms with E-state index in [1.807, 2.05) is 12.1 Å². The average molecular weight is 218 g/mol. The van der Waals surface area contributed by atoms with Crippen LogP contribution in [0.1, 0.15) is 32.1 Å². The average Bonchev–Trinajstić information content (AvgIpc) is 2.30. The van der Waals surface area contributed by atoms with Gasteiger partial charge in [-0.1, -0.05) is 12.8 Å². The molecule has 1 aromatic carbocycles. The third kappa shape index (κ3) is 5.26. The molecule has 1 aromatic rings. The Morgan fingerprint density at radius 2 is 1.75 bits per heavy atom. The monoisotopic (exact) mass is 218 g/mol. The van der Waals surface area contributed by atoms with Crippen LogP contribution in [0.3, 0.4) is 0 Å². The van der Waals surface area contributed by atoms with E-state index < -0.39 is 0 Å². The lowest BCUT2D eigenvalue weighted by Gasteiger charge is -2.05. The predicted octanol–water partition coefficient (Wildman–Crippen LogP) is 3.28. The van der Waals surface area contributed by atoms with Crippen LogP contribution in [0.15, 0.2) is 24.3 Å². The van der Waals surface area contributed by atoms with Gasteiger partial charge in [-0.2, -0.15) is 5.26 Å². The Hall–Kier alpha value is -1.69. The Morgan fingerprint density at radius 1 is 1.06 bits per heavy atom. The molecule has 0 atom stereocenters. The van der Waals surface area contributed by atoms with E-state index in [4.69, 9.17) is 10.4 Å². The number of rotatable bonds is 7. The summed E-state index contributed by atoms with van der Waals surface area (Å²) >= 11 is 0. The lowest BCUT2D eigenvalue weighted by atomic mass is 10.1. The minimum Gasteiger partial charge on any atom is -0.508 e. The molecular weight excluding hydrogens is 200 g/mol. The molecular formula is C13H18N2O. The first kappa shape index (κ1) is 12.4. The standard InChI is InChI=1S/C13H18N2O/c14-10-4-2-1-3-5-11-15-12-6-8-13(16)9-7-12/h6-9,15-16H,1-5,11H2. The van der Waals surface area contributed by atoms with Gasteiger partial charge in [0.1, 0.15) is 5.75 Å². The molecule has 1 rings (SSSR count). The fourth-order valence-electron chi connectivity index (χ4n) is 1.49. The Bertz CT molecular complexity index is 327. The molecule has 0 radical (unpaired) electrons. The zero-order chi connectivity index (χ0) is 11.6.